The first-order valence-electron chi connectivity index (χ1n) is 6.61. The van der Waals surface area contributed by atoms with Gasteiger partial charge in [0.25, 0.3) is 5.91 Å². The van der Waals surface area contributed by atoms with Gasteiger partial charge in [-0.1, -0.05) is 28.1 Å². The van der Waals surface area contributed by atoms with E-state index >= 15 is 0 Å². The van der Waals surface area contributed by atoms with E-state index in [-0.39, 0.29) is 5.91 Å². The molecule has 1 aliphatic rings. The number of primary amides is 1. The number of para-hydroxylation sites is 1. The SMILES string of the molecule is NC(=O)c1ccccc1N1CCCc2cc(Br)ccc21. The highest BCUT2D eigenvalue weighted by Crippen LogP contribution is 2.36. The largest absolute Gasteiger partial charge is 0.366 e. The monoisotopic (exact) mass is 330 g/mol. The minimum Gasteiger partial charge on any atom is -0.366 e. The van der Waals surface area contributed by atoms with E-state index in [4.69, 9.17) is 5.73 Å². The van der Waals surface area contributed by atoms with Gasteiger partial charge in [0, 0.05) is 16.7 Å². The molecule has 0 saturated heterocycles. The van der Waals surface area contributed by atoms with Gasteiger partial charge in [0.15, 0.2) is 0 Å². The number of carbonyl (C=O) groups is 1. The molecule has 2 aromatic carbocycles. The highest BCUT2D eigenvalue weighted by molar-refractivity contribution is 9.10. The zero-order valence-corrected chi connectivity index (χ0v) is 12.6. The third-order valence-corrected chi connectivity index (χ3v) is 4.11. The number of halogens is 1. The predicted octanol–water partition coefficient (Wildman–Crippen LogP) is 3.63. The molecule has 0 unspecified atom stereocenters. The molecule has 0 fully saturated rings. The van der Waals surface area contributed by atoms with Crippen LogP contribution in [0.2, 0.25) is 0 Å². The van der Waals surface area contributed by atoms with Crippen LogP contribution in [0.15, 0.2) is 46.9 Å². The molecule has 0 saturated carbocycles. The van der Waals surface area contributed by atoms with Crippen molar-refractivity contribution in [1.82, 2.24) is 0 Å². The van der Waals surface area contributed by atoms with Gasteiger partial charge in [0.1, 0.15) is 0 Å². The third-order valence-electron chi connectivity index (χ3n) is 3.62. The lowest BCUT2D eigenvalue weighted by Gasteiger charge is -2.32. The molecule has 2 aromatic rings. The van der Waals surface area contributed by atoms with Crippen molar-refractivity contribution < 1.29 is 4.79 Å². The molecule has 3 rings (SSSR count). The Labute approximate surface area is 126 Å². The highest BCUT2D eigenvalue weighted by atomic mass is 79.9. The first-order valence-corrected chi connectivity index (χ1v) is 7.41. The fourth-order valence-corrected chi connectivity index (χ4v) is 3.14. The normalized spacial score (nSPS) is 13.9. The summed E-state index contributed by atoms with van der Waals surface area (Å²) in [6.07, 6.45) is 2.13. The third kappa shape index (κ3) is 2.31. The van der Waals surface area contributed by atoms with Crippen LogP contribution in [0.1, 0.15) is 22.3 Å². The lowest BCUT2D eigenvalue weighted by molar-refractivity contribution is 0.100. The Bertz CT molecular complexity index is 669. The quantitative estimate of drug-likeness (QED) is 0.913. The number of rotatable bonds is 2. The lowest BCUT2D eigenvalue weighted by Crippen LogP contribution is -2.27. The van der Waals surface area contributed by atoms with Gasteiger partial charge in [-0.3, -0.25) is 4.79 Å². The molecule has 1 aliphatic heterocycles. The van der Waals surface area contributed by atoms with Crippen LogP contribution < -0.4 is 10.6 Å². The van der Waals surface area contributed by atoms with Gasteiger partial charge in [0.2, 0.25) is 0 Å². The molecule has 0 aromatic heterocycles. The van der Waals surface area contributed by atoms with Crippen LogP contribution >= 0.6 is 15.9 Å². The number of hydrogen-bond donors (Lipinski definition) is 1. The van der Waals surface area contributed by atoms with Gasteiger partial charge < -0.3 is 10.6 Å². The second-order valence-electron chi connectivity index (χ2n) is 4.91. The summed E-state index contributed by atoms with van der Waals surface area (Å²) in [7, 11) is 0. The molecule has 0 bridgehead atoms. The maximum Gasteiger partial charge on any atom is 0.250 e. The van der Waals surface area contributed by atoms with Crippen molar-refractivity contribution in [2.45, 2.75) is 12.8 Å². The van der Waals surface area contributed by atoms with Gasteiger partial charge in [-0.05, 0) is 48.7 Å². The van der Waals surface area contributed by atoms with Crippen molar-refractivity contribution in [1.29, 1.82) is 0 Å². The van der Waals surface area contributed by atoms with E-state index in [1.807, 2.05) is 24.3 Å². The Kier molecular flexibility index (Phi) is 3.49. The zero-order valence-electron chi connectivity index (χ0n) is 11.0. The topological polar surface area (TPSA) is 46.3 Å². The smallest absolute Gasteiger partial charge is 0.250 e. The number of anilines is 2. The number of fused-ring (bicyclic) bond motifs is 1. The summed E-state index contributed by atoms with van der Waals surface area (Å²) >= 11 is 3.51. The first-order chi connectivity index (χ1) is 9.66. The molecule has 0 spiro atoms. The van der Waals surface area contributed by atoms with E-state index in [2.05, 4.69) is 33.0 Å². The molecular formula is C16H15BrN2O. The number of nitrogens with two attached hydrogens (primary N) is 1. The van der Waals surface area contributed by atoms with Gasteiger partial charge in [-0.15, -0.1) is 0 Å². The van der Waals surface area contributed by atoms with Crippen LogP contribution in [-0.4, -0.2) is 12.5 Å². The lowest BCUT2D eigenvalue weighted by atomic mass is 10.00. The maximum absolute atomic E-state index is 11.6. The molecule has 0 radical (unpaired) electrons. The van der Waals surface area contributed by atoms with Crippen LogP contribution in [0, 0.1) is 0 Å². The summed E-state index contributed by atoms with van der Waals surface area (Å²) in [5.74, 6) is -0.384. The Morgan fingerprint density at radius 1 is 1.15 bits per heavy atom. The summed E-state index contributed by atoms with van der Waals surface area (Å²) in [4.78, 5) is 13.8. The number of benzene rings is 2. The highest BCUT2D eigenvalue weighted by Gasteiger charge is 2.21. The van der Waals surface area contributed by atoms with E-state index in [0.717, 1.165) is 35.2 Å². The number of hydrogen-bond acceptors (Lipinski definition) is 2. The number of amides is 1. The number of aryl methyl sites for hydroxylation is 1. The molecular weight excluding hydrogens is 316 g/mol. The fraction of sp³-hybridized carbons (Fsp3) is 0.188. The Hall–Kier alpha value is -1.81. The average Bonchev–Trinajstić information content (AvgIpc) is 2.46. The van der Waals surface area contributed by atoms with Crippen LogP contribution in [0.25, 0.3) is 0 Å². The number of nitrogens with zero attached hydrogens (tertiary/aromatic N) is 1. The summed E-state index contributed by atoms with van der Waals surface area (Å²) in [5, 5.41) is 0. The van der Waals surface area contributed by atoms with E-state index in [1.165, 1.54) is 5.56 Å². The maximum atomic E-state index is 11.6. The van der Waals surface area contributed by atoms with Crippen LogP contribution in [0.4, 0.5) is 11.4 Å². The summed E-state index contributed by atoms with van der Waals surface area (Å²) in [6, 6.07) is 13.8. The van der Waals surface area contributed by atoms with Gasteiger partial charge in [-0.25, -0.2) is 0 Å². The van der Waals surface area contributed by atoms with E-state index in [1.54, 1.807) is 6.07 Å². The second-order valence-corrected chi connectivity index (χ2v) is 5.83. The Morgan fingerprint density at radius 3 is 2.75 bits per heavy atom. The van der Waals surface area contributed by atoms with Crippen LogP contribution in [0.3, 0.4) is 0 Å². The molecule has 1 heterocycles. The van der Waals surface area contributed by atoms with Crippen molar-refractivity contribution in [3.8, 4) is 0 Å². The Balaban J connectivity index is 2.12. The first kappa shape index (κ1) is 13.2. The molecule has 102 valence electrons. The van der Waals surface area contributed by atoms with Crippen molar-refractivity contribution in [2.24, 2.45) is 5.73 Å². The molecule has 0 aliphatic carbocycles. The number of carbonyl (C=O) groups excluding carboxylic acids is 1. The Morgan fingerprint density at radius 2 is 1.95 bits per heavy atom. The predicted molar refractivity (Wildman–Crippen MR) is 84.4 cm³/mol. The molecule has 2 N–H and O–H groups in total. The van der Waals surface area contributed by atoms with Crippen LogP contribution in [-0.2, 0) is 6.42 Å². The van der Waals surface area contributed by atoms with Crippen molar-refractivity contribution in [2.75, 3.05) is 11.4 Å². The van der Waals surface area contributed by atoms with Gasteiger partial charge in [-0.2, -0.15) is 0 Å². The molecule has 0 atom stereocenters. The standard InChI is InChI=1S/C16H15BrN2O/c17-12-7-8-14-11(10-12)4-3-9-19(14)15-6-2-1-5-13(15)16(18)20/h1-2,5-8,10H,3-4,9H2,(H2,18,20). The minimum absolute atomic E-state index is 0.384. The van der Waals surface area contributed by atoms with Crippen molar-refractivity contribution >= 4 is 33.2 Å². The summed E-state index contributed by atoms with van der Waals surface area (Å²) in [5.41, 5.74) is 9.41. The molecule has 4 heteroatoms. The molecule has 3 nitrogen and oxygen atoms in total. The second kappa shape index (κ2) is 5.29. The van der Waals surface area contributed by atoms with E-state index in [0.29, 0.717) is 5.56 Å². The summed E-state index contributed by atoms with van der Waals surface area (Å²) < 4.78 is 1.08. The van der Waals surface area contributed by atoms with Gasteiger partial charge >= 0.3 is 0 Å². The zero-order chi connectivity index (χ0) is 14.1. The van der Waals surface area contributed by atoms with Crippen molar-refractivity contribution in [3.05, 3.63) is 58.1 Å². The van der Waals surface area contributed by atoms with Crippen LogP contribution in [0.5, 0.6) is 0 Å². The molecule has 20 heavy (non-hydrogen) atoms. The minimum atomic E-state index is -0.384. The molecule has 1 amide bonds. The van der Waals surface area contributed by atoms with E-state index < -0.39 is 0 Å². The average molecular weight is 331 g/mol. The summed E-state index contributed by atoms with van der Waals surface area (Å²) in [6.45, 7) is 0.902. The van der Waals surface area contributed by atoms with E-state index in [9.17, 15) is 4.79 Å². The fourth-order valence-electron chi connectivity index (χ4n) is 2.73. The van der Waals surface area contributed by atoms with Crippen molar-refractivity contribution in [3.63, 3.8) is 0 Å². The van der Waals surface area contributed by atoms with Gasteiger partial charge in [0.05, 0.1) is 11.3 Å².